The molecule has 2 unspecified atom stereocenters. The van der Waals surface area contributed by atoms with Gasteiger partial charge in [-0.05, 0) is 32.2 Å². The molecule has 1 aliphatic heterocycles. The standard InChI is InChI=1S/C20H30N4O2S/c1-14(19-15(2)21-23(5)16(19)3)20(25)22(4)13-17(18-7-6-12-27-18)24-8-10-26-11-9-24/h6-7,12,14,17H,8-11,13H2,1-5H3. The van der Waals surface area contributed by atoms with Gasteiger partial charge >= 0.3 is 0 Å². The van der Waals surface area contributed by atoms with Crippen LogP contribution in [0.3, 0.4) is 0 Å². The molecule has 3 rings (SSSR count). The van der Waals surface area contributed by atoms with E-state index in [0.717, 1.165) is 43.3 Å². The summed E-state index contributed by atoms with van der Waals surface area (Å²) in [7, 11) is 3.85. The third-order valence-electron chi connectivity index (χ3n) is 5.55. The van der Waals surface area contributed by atoms with Crippen molar-refractivity contribution in [3.05, 3.63) is 39.3 Å². The molecule has 0 spiro atoms. The van der Waals surface area contributed by atoms with E-state index in [0.29, 0.717) is 6.54 Å². The van der Waals surface area contributed by atoms with E-state index in [1.54, 1.807) is 11.3 Å². The molecular formula is C20H30N4O2S. The first-order valence-electron chi connectivity index (χ1n) is 9.50. The highest BCUT2D eigenvalue weighted by Crippen LogP contribution is 2.29. The van der Waals surface area contributed by atoms with E-state index in [1.807, 2.05) is 44.4 Å². The quantitative estimate of drug-likeness (QED) is 0.761. The van der Waals surface area contributed by atoms with Gasteiger partial charge in [0.25, 0.3) is 0 Å². The largest absolute Gasteiger partial charge is 0.379 e. The van der Waals surface area contributed by atoms with Gasteiger partial charge in [0.1, 0.15) is 0 Å². The Morgan fingerprint density at radius 2 is 2.07 bits per heavy atom. The van der Waals surface area contributed by atoms with Gasteiger partial charge in [-0.3, -0.25) is 14.4 Å². The lowest BCUT2D eigenvalue weighted by Crippen LogP contribution is -2.44. The second kappa shape index (κ2) is 8.54. The van der Waals surface area contributed by atoms with Crippen molar-refractivity contribution >= 4 is 17.2 Å². The predicted molar refractivity (Wildman–Crippen MR) is 108 cm³/mol. The van der Waals surface area contributed by atoms with Gasteiger partial charge in [-0.15, -0.1) is 11.3 Å². The zero-order chi connectivity index (χ0) is 19.6. The van der Waals surface area contributed by atoms with Crippen molar-refractivity contribution in [2.75, 3.05) is 39.9 Å². The number of aryl methyl sites for hydroxylation is 2. The summed E-state index contributed by atoms with van der Waals surface area (Å²) < 4.78 is 7.37. The van der Waals surface area contributed by atoms with Crippen molar-refractivity contribution < 1.29 is 9.53 Å². The lowest BCUT2D eigenvalue weighted by molar-refractivity contribution is -0.132. The third kappa shape index (κ3) is 4.25. The summed E-state index contributed by atoms with van der Waals surface area (Å²) in [6, 6.07) is 4.47. The second-order valence-electron chi connectivity index (χ2n) is 7.33. The Hall–Kier alpha value is -1.70. The van der Waals surface area contributed by atoms with Crippen LogP contribution in [-0.2, 0) is 16.6 Å². The molecule has 2 aromatic heterocycles. The van der Waals surface area contributed by atoms with E-state index in [1.165, 1.54) is 4.88 Å². The van der Waals surface area contributed by atoms with E-state index in [-0.39, 0.29) is 17.9 Å². The number of morpholine rings is 1. The maximum Gasteiger partial charge on any atom is 0.229 e. The van der Waals surface area contributed by atoms with E-state index < -0.39 is 0 Å². The zero-order valence-corrected chi connectivity index (χ0v) is 17.8. The number of hydrogen-bond donors (Lipinski definition) is 0. The Bertz CT molecular complexity index is 765. The first-order valence-corrected chi connectivity index (χ1v) is 10.4. The van der Waals surface area contributed by atoms with Crippen LogP contribution in [0.4, 0.5) is 0 Å². The summed E-state index contributed by atoms with van der Waals surface area (Å²) in [5, 5.41) is 6.58. The van der Waals surface area contributed by atoms with Gasteiger partial charge in [0.15, 0.2) is 0 Å². The summed E-state index contributed by atoms with van der Waals surface area (Å²) in [6.07, 6.45) is 0. The first kappa shape index (κ1) is 20.0. The molecule has 148 valence electrons. The molecule has 3 heterocycles. The molecule has 0 radical (unpaired) electrons. The molecule has 2 atom stereocenters. The average Bonchev–Trinajstić information content (AvgIpc) is 3.28. The molecule has 1 fully saturated rings. The summed E-state index contributed by atoms with van der Waals surface area (Å²) in [5.74, 6) is -0.0543. The second-order valence-corrected chi connectivity index (χ2v) is 8.31. The van der Waals surface area contributed by atoms with Crippen LogP contribution in [0.1, 0.15) is 40.7 Å². The normalized spacial score (nSPS) is 17.7. The Labute approximate surface area is 165 Å². The number of thiophene rings is 1. The maximum atomic E-state index is 13.2. The first-order chi connectivity index (χ1) is 12.9. The van der Waals surface area contributed by atoms with Crippen LogP contribution >= 0.6 is 11.3 Å². The van der Waals surface area contributed by atoms with Gasteiger partial charge in [0, 0.05) is 49.9 Å². The Balaban J connectivity index is 1.76. The molecule has 1 amide bonds. The SMILES string of the molecule is Cc1nn(C)c(C)c1C(C)C(=O)N(C)CC(c1cccs1)N1CCOCC1. The van der Waals surface area contributed by atoms with Gasteiger partial charge in [-0.1, -0.05) is 6.07 Å². The van der Waals surface area contributed by atoms with Gasteiger partial charge in [-0.2, -0.15) is 5.10 Å². The van der Waals surface area contributed by atoms with E-state index in [9.17, 15) is 4.79 Å². The highest BCUT2D eigenvalue weighted by Gasteiger charge is 2.30. The minimum absolute atomic E-state index is 0.143. The number of amides is 1. The van der Waals surface area contributed by atoms with E-state index in [4.69, 9.17) is 4.74 Å². The fourth-order valence-corrected chi connectivity index (χ4v) is 4.83. The van der Waals surface area contributed by atoms with Gasteiger partial charge < -0.3 is 9.64 Å². The minimum atomic E-state index is -0.197. The van der Waals surface area contributed by atoms with Gasteiger partial charge in [0.2, 0.25) is 5.91 Å². The Morgan fingerprint density at radius 1 is 1.37 bits per heavy atom. The van der Waals surface area contributed by atoms with Crippen LogP contribution in [0.5, 0.6) is 0 Å². The van der Waals surface area contributed by atoms with Crippen LogP contribution in [0.2, 0.25) is 0 Å². The third-order valence-corrected chi connectivity index (χ3v) is 6.52. The van der Waals surface area contributed by atoms with Crippen molar-refractivity contribution in [1.82, 2.24) is 19.6 Å². The fourth-order valence-electron chi connectivity index (χ4n) is 3.98. The smallest absolute Gasteiger partial charge is 0.229 e. The minimum Gasteiger partial charge on any atom is -0.379 e. The summed E-state index contributed by atoms with van der Waals surface area (Å²) in [4.78, 5) is 18.8. The summed E-state index contributed by atoms with van der Waals surface area (Å²) in [5.41, 5.74) is 3.05. The molecule has 0 saturated carbocycles. The molecule has 0 N–H and O–H groups in total. The lowest BCUT2D eigenvalue weighted by Gasteiger charge is -2.36. The number of rotatable bonds is 6. The van der Waals surface area contributed by atoms with E-state index >= 15 is 0 Å². The van der Waals surface area contributed by atoms with Crippen molar-refractivity contribution in [3.8, 4) is 0 Å². The Kier molecular flexibility index (Phi) is 6.34. The highest BCUT2D eigenvalue weighted by molar-refractivity contribution is 7.10. The molecule has 1 aliphatic rings. The number of carbonyl (C=O) groups is 1. The number of ether oxygens (including phenoxy) is 1. The number of likely N-dealkylation sites (N-methyl/N-ethyl adjacent to an activating group) is 1. The molecule has 27 heavy (non-hydrogen) atoms. The highest BCUT2D eigenvalue weighted by atomic mass is 32.1. The van der Waals surface area contributed by atoms with Crippen molar-refractivity contribution in [2.45, 2.75) is 32.7 Å². The zero-order valence-electron chi connectivity index (χ0n) is 16.9. The number of hydrogen-bond acceptors (Lipinski definition) is 5. The van der Waals surface area contributed by atoms with Crippen molar-refractivity contribution in [3.63, 3.8) is 0 Å². The van der Waals surface area contributed by atoms with Gasteiger partial charge in [0.05, 0.1) is 30.9 Å². The number of nitrogens with zero attached hydrogens (tertiary/aromatic N) is 4. The number of carbonyl (C=O) groups excluding carboxylic acids is 1. The van der Waals surface area contributed by atoms with Crippen molar-refractivity contribution in [2.24, 2.45) is 7.05 Å². The van der Waals surface area contributed by atoms with Crippen LogP contribution in [0.15, 0.2) is 17.5 Å². The molecule has 2 aromatic rings. The van der Waals surface area contributed by atoms with Gasteiger partial charge in [-0.25, -0.2) is 0 Å². The van der Waals surface area contributed by atoms with Crippen LogP contribution in [0.25, 0.3) is 0 Å². The average molecular weight is 391 g/mol. The monoisotopic (exact) mass is 390 g/mol. The van der Waals surface area contributed by atoms with Crippen molar-refractivity contribution in [1.29, 1.82) is 0 Å². The molecule has 0 aromatic carbocycles. The lowest BCUT2D eigenvalue weighted by atomic mass is 9.97. The van der Waals surface area contributed by atoms with E-state index in [2.05, 4.69) is 27.5 Å². The molecule has 6 nitrogen and oxygen atoms in total. The van der Waals surface area contributed by atoms with Crippen LogP contribution < -0.4 is 0 Å². The molecule has 7 heteroatoms. The fraction of sp³-hybridized carbons (Fsp3) is 0.600. The molecular weight excluding hydrogens is 360 g/mol. The maximum absolute atomic E-state index is 13.2. The Morgan fingerprint density at radius 3 is 2.63 bits per heavy atom. The molecule has 0 bridgehead atoms. The topological polar surface area (TPSA) is 50.6 Å². The summed E-state index contributed by atoms with van der Waals surface area (Å²) in [6.45, 7) is 10.00. The van der Waals surface area contributed by atoms with Crippen LogP contribution in [-0.4, -0.2) is 65.4 Å². The predicted octanol–water partition coefficient (Wildman–Crippen LogP) is 2.73. The summed E-state index contributed by atoms with van der Waals surface area (Å²) >= 11 is 1.76. The number of aromatic nitrogens is 2. The molecule has 0 aliphatic carbocycles. The molecule has 1 saturated heterocycles. The van der Waals surface area contributed by atoms with Crippen LogP contribution in [0, 0.1) is 13.8 Å².